The standard InChI is InChI=1S/C10H16N4O2/c1-7-3-8(5-16-7)10(15)14(2)4-9-11-6-12-13-9/h6-8H,3-5H2,1-2H3,(H,11,12,13). The average molecular weight is 224 g/mol. The van der Waals surface area contributed by atoms with E-state index in [2.05, 4.69) is 15.2 Å². The van der Waals surface area contributed by atoms with Crippen molar-refractivity contribution >= 4 is 5.91 Å². The van der Waals surface area contributed by atoms with Crippen molar-refractivity contribution in [3.8, 4) is 0 Å². The molecule has 0 radical (unpaired) electrons. The van der Waals surface area contributed by atoms with Crippen LogP contribution in [-0.2, 0) is 16.1 Å². The largest absolute Gasteiger partial charge is 0.378 e. The summed E-state index contributed by atoms with van der Waals surface area (Å²) in [6, 6.07) is 0. The Kier molecular flexibility index (Phi) is 3.19. The third kappa shape index (κ3) is 2.38. The van der Waals surface area contributed by atoms with Crippen molar-refractivity contribution in [1.29, 1.82) is 0 Å². The summed E-state index contributed by atoms with van der Waals surface area (Å²) in [5.74, 6) is 0.798. The molecule has 1 fully saturated rings. The van der Waals surface area contributed by atoms with Gasteiger partial charge in [-0.1, -0.05) is 0 Å². The number of H-pyrrole nitrogens is 1. The van der Waals surface area contributed by atoms with E-state index >= 15 is 0 Å². The molecule has 1 amide bonds. The Bertz CT molecular complexity index is 352. The van der Waals surface area contributed by atoms with Crippen LogP contribution in [0, 0.1) is 5.92 Å². The molecule has 6 heteroatoms. The van der Waals surface area contributed by atoms with E-state index in [1.54, 1.807) is 11.9 Å². The van der Waals surface area contributed by atoms with Gasteiger partial charge in [0.2, 0.25) is 5.91 Å². The molecule has 0 spiro atoms. The zero-order valence-electron chi connectivity index (χ0n) is 9.51. The zero-order valence-corrected chi connectivity index (χ0v) is 9.51. The molecule has 1 aliphatic rings. The number of ether oxygens (including phenoxy) is 1. The third-order valence-corrected chi connectivity index (χ3v) is 2.78. The van der Waals surface area contributed by atoms with Gasteiger partial charge in [0.05, 0.1) is 25.2 Å². The van der Waals surface area contributed by atoms with Crippen molar-refractivity contribution in [1.82, 2.24) is 20.1 Å². The molecule has 6 nitrogen and oxygen atoms in total. The van der Waals surface area contributed by atoms with Crippen molar-refractivity contribution < 1.29 is 9.53 Å². The van der Waals surface area contributed by atoms with Crippen molar-refractivity contribution in [2.75, 3.05) is 13.7 Å². The zero-order chi connectivity index (χ0) is 11.5. The summed E-state index contributed by atoms with van der Waals surface area (Å²) in [5.41, 5.74) is 0. The number of nitrogens with one attached hydrogen (secondary N) is 1. The topological polar surface area (TPSA) is 71.1 Å². The van der Waals surface area contributed by atoms with Gasteiger partial charge in [0.1, 0.15) is 12.2 Å². The van der Waals surface area contributed by atoms with E-state index < -0.39 is 0 Å². The Hall–Kier alpha value is -1.43. The number of carbonyl (C=O) groups is 1. The normalized spacial score (nSPS) is 24.6. The summed E-state index contributed by atoms with van der Waals surface area (Å²) in [6.45, 7) is 2.98. The van der Waals surface area contributed by atoms with E-state index in [0.29, 0.717) is 19.0 Å². The number of nitrogens with zero attached hydrogens (tertiary/aromatic N) is 3. The highest BCUT2D eigenvalue weighted by molar-refractivity contribution is 5.78. The van der Waals surface area contributed by atoms with Gasteiger partial charge in [0.15, 0.2) is 0 Å². The molecule has 1 aromatic heterocycles. The first-order valence-corrected chi connectivity index (χ1v) is 5.37. The van der Waals surface area contributed by atoms with E-state index in [9.17, 15) is 4.79 Å². The minimum atomic E-state index is -0.0112. The summed E-state index contributed by atoms with van der Waals surface area (Å²) in [7, 11) is 1.77. The van der Waals surface area contributed by atoms with Crippen LogP contribution < -0.4 is 0 Å². The second-order valence-corrected chi connectivity index (χ2v) is 4.20. The molecule has 0 aliphatic carbocycles. The lowest BCUT2D eigenvalue weighted by molar-refractivity contribution is -0.134. The summed E-state index contributed by atoms with van der Waals surface area (Å²) >= 11 is 0. The van der Waals surface area contributed by atoms with E-state index in [1.165, 1.54) is 6.33 Å². The van der Waals surface area contributed by atoms with Gasteiger partial charge in [-0.05, 0) is 13.3 Å². The molecule has 2 atom stereocenters. The first kappa shape index (κ1) is 11.1. The highest BCUT2D eigenvalue weighted by Crippen LogP contribution is 2.21. The number of amides is 1. The molecule has 1 N–H and O–H groups in total. The first-order chi connectivity index (χ1) is 7.66. The lowest BCUT2D eigenvalue weighted by Gasteiger charge is -2.18. The molecule has 2 heterocycles. The molecule has 1 aliphatic heterocycles. The van der Waals surface area contributed by atoms with E-state index in [1.807, 2.05) is 6.92 Å². The van der Waals surface area contributed by atoms with E-state index in [4.69, 9.17) is 4.74 Å². The van der Waals surface area contributed by atoms with Crippen molar-refractivity contribution in [2.24, 2.45) is 5.92 Å². The Balaban J connectivity index is 1.89. The minimum Gasteiger partial charge on any atom is -0.378 e. The van der Waals surface area contributed by atoms with Crippen molar-refractivity contribution in [3.63, 3.8) is 0 Å². The fourth-order valence-electron chi connectivity index (χ4n) is 1.91. The summed E-state index contributed by atoms with van der Waals surface area (Å²) in [6.07, 6.45) is 2.43. The lowest BCUT2D eigenvalue weighted by Crippen LogP contribution is -2.33. The first-order valence-electron chi connectivity index (χ1n) is 5.37. The molecular formula is C10H16N4O2. The lowest BCUT2D eigenvalue weighted by atomic mass is 10.1. The fraction of sp³-hybridized carbons (Fsp3) is 0.700. The maximum Gasteiger partial charge on any atom is 0.228 e. The molecule has 2 unspecified atom stereocenters. The SMILES string of the molecule is CC1CC(C(=O)N(C)Cc2ncn[nH]2)CO1. The van der Waals surface area contributed by atoms with Gasteiger partial charge in [-0.15, -0.1) is 0 Å². The summed E-state index contributed by atoms with van der Waals surface area (Å²) < 4.78 is 5.39. The van der Waals surface area contributed by atoms with Crippen LogP contribution in [-0.4, -0.2) is 45.7 Å². The van der Waals surface area contributed by atoms with Gasteiger partial charge in [-0.3, -0.25) is 9.89 Å². The highest BCUT2D eigenvalue weighted by atomic mass is 16.5. The Morgan fingerprint density at radius 3 is 3.12 bits per heavy atom. The van der Waals surface area contributed by atoms with Crippen LogP contribution in [0.1, 0.15) is 19.2 Å². The van der Waals surface area contributed by atoms with Crippen LogP contribution in [0.25, 0.3) is 0 Å². The monoisotopic (exact) mass is 224 g/mol. The average Bonchev–Trinajstić information content (AvgIpc) is 2.88. The quantitative estimate of drug-likeness (QED) is 0.795. The van der Waals surface area contributed by atoms with Gasteiger partial charge in [-0.25, -0.2) is 4.98 Å². The fourth-order valence-corrected chi connectivity index (χ4v) is 1.91. The number of aromatic amines is 1. The molecule has 2 rings (SSSR count). The molecule has 88 valence electrons. The number of hydrogen-bond donors (Lipinski definition) is 1. The van der Waals surface area contributed by atoms with Crippen molar-refractivity contribution in [3.05, 3.63) is 12.2 Å². The van der Waals surface area contributed by atoms with E-state index in [-0.39, 0.29) is 17.9 Å². The highest BCUT2D eigenvalue weighted by Gasteiger charge is 2.30. The van der Waals surface area contributed by atoms with Gasteiger partial charge in [-0.2, -0.15) is 5.10 Å². The van der Waals surface area contributed by atoms with Crippen LogP contribution in [0.2, 0.25) is 0 Å². The van der Waals surface area contributed by atoms with Gasteiger partial charge in [0.25, 0.3) is 0 Å². The van der Waals surface area contributed by atoms with Crippen LogP contribution in [0.4, 0.5) is 0 Å². The van der Waals surface area contributed by atoms with Gasteiger partial charge < -0.3 is 9.64 Å². The van der Waals surface area contributed by atoms with Gasteiger partial charge in [0, 0.05) is 7.05 Å². The predicted octanol–water partition coefficient (Wildman–Crippen LogP) is 0.188. The van der Waals surface area contributed by atoms with Crippen LogP contribution in [0.15, 0.2) is 6.33 Å². The smallest absolute Gasteiger partial charge is 0.228 e. The Morgan fingerprint density at radius 2 is 2.56 bits per heavy atom. The Labute approximate surface area is 94.0 Å². The number of hydrogen-bond acceptors (Lipinski definition) is 4. The van der Waals surface area contributed by atoms with Crippen LogP contribution in [0.3, 0.4) is 0 Å². The van der Waals surface area contributed by atoms with Crippen molar-refractivity contribution in [2.45, 2.75) is 26.0 Å². The molecule has 0 aromatic carbocycles. The second-order valence-electron chi connectivity index (χ2n) is 4.20. The molecule has 16 heavy (non-hydrogen) atoms. The van der Waals surface area contributed by atoms with Crippen LogP contribution >= 0.6 is 0 Å². The predicted molar refractivity (Wildman–Crippen MR) is 56.4 cm³/mol. The number of aromatic nitrogens is 3. The number of carbonyl (C=O) groups excluding carboxylic acids is 1. The van der Waals surface area contributed by atoms with Gasteiger partial charge >= 0.3 is 0 Å². The molecule has 0 bridgehead atoms. The summed E-state index contributed by atoms with van der Waals surface area (Å²) in [4.78, 5) is 17.6. The third-order valence-electron chi connectivity index (χ3n) is 2.78. The van der Waals surface area contributed by atoms with E-state index in [0.717, 1.165) is 6.42 Å². The minimum absolute atomic E-state index is 0.0112. The Morgan fingerprint density at radius 1 is 1.75 bits per heavy atom. The molecule has 0 saturated carbocycles. The maximum absolute atomic E-state index is 12.0. The second kappa shape index (κ2) is 4.61. The molecule has 1 aromatic rings. The maximum atomic E-state index is 12.0. The summed E-state index contributed by atoms with van der Waals surface area (Å²) in [5, 5.41) is 6.48. The number of rotatable bonds is 3. The van der Waals surface area contributed by atoms with Crippen LogP contribution in [0.5, 0.6) is 0 Å². The molecular weight excluding hydrogens is 208 g/mol. The molecule has 1 saturated heterocycles.